The molecule has 0 saturated carbocycles. The van der Waals surface area contributed by atoms with Crippen molar-refractivity contribution in [1.82, 2.24) is 0 Å². The van der Waals surface area contributed by atoms with E-state index in [1.54, 1.807) is 13.2 Å². The molecular weight excluding hydrogens is 140 g/mol. The molecule has 0 spiro atoms. The number of aliphatic hydroxyl groups excluding tert-OH is 1. The summed E-state index contributed by atoms with van der Waals surface area (Å²) >= 11 is 0. The fraction of sp³-hybridized carbons (Fsp3) is 0.778. The lowest BCUT2D eigenvalue weighted by atomic mass is 10.0. The molecular formula is C9H18O2. The summed E-state index contributed by atoms with van der Waals surface area (Å²) in [6.07, 6.45) is 2.95. The fourth-order valence-corrected chi connectivity index (χ4v) is 1.11. The van der Waals surface area contributed by atoms with E-state index in [-0.39, 0.29) is 6.10 Å². The largest absolute Gasteiger partial charge is 0.393 e. The van der Waals surface area contributed by atoms with E-state index >= 15 is 0 Å². The Morgan fingerprint density at radius 2 is 2.27 bits per heavy atom. The third-order valence-corrected chi connectivity index (χ3v) is 1.56. The van der Waals surface area contributed by atoms with Gasteiger partial charge in [-0.2, -0.15) is 0 Å². The summed E-state index contributed by atoms with van der Waals surface area (Å²) in [7, 11) is 1.68. The molecule has 0 heterocycles. The summed E-state index contributed by atoms with van der Waals surface area (Å²) in [4.78, 5) is 0. The van der Waals surface area contributed by atoms with Crippen molar-refractivity contribution in [3.05, 3.63) is 12.7 Å². The molecule has 2 nitrogen and oxygen atoms in total. The van der Waals surface area contributed by atoms with E-state index in [9.17, 15) is 5.11 Å². The molecule has 0 aromatic carbocycles. The molecule has 2 atom stereocenters. The zero-order valence-electron chi connectivity index (χ0n) is 7.42. The van der Waals surface area contributed by atoms with Gasteiger partial charge in [0.15, 0.2) is 0 Å². The van der Waals surface area contributed by atoms with Crippen LogP contribution >= 0.6 is 0 Å². The Kier molecular flexibility index (Phi) is 6.18. The molecule has 0 aromatic rings. The molecule has 2 unspecified atom stereocenters. The summed E-state index contributed by atoms with van der Waals surface area (Å²) < 4.78 is 4.95. The highest BCUT2D eigenvalue weighted by Gasteiger charge is 2.07. The Balaban J connectivity index is 3.39. The zero-order valence-corrected chi connectivity index (χ0v) is 7.42. The summed E-state index contributed by atoms with van der Waals surface area (Å²) in [6.45, 7) is 6.34. The molecule has 1 N–H and O–H groups in total. The van der Waals surface area contributed by atoms with Gasteiger partial charge in [0.25, 0.3) is 0 Å². The predicted molar refractivity (Wildman–Crippen MR) is 46.5 cm³/mol. The molecule has 11 heavy (non-hydrogen) atoms. The number of methoxy groups -OCH3 is 1. The summed E-state index contributed by atoms with van der Waals surface area (Å²) in [5.74, 6) is 0.426. The lowest BCUT2D eigenvalue weighted by Gasteiger charge is -2.13. The molecule has 0 rings (SSSR count). The van der Waals surface area contributed by atoms with Gasteiger partial charge < -0.3 is 9.84 Å². The van der Waals surface area contributed by atoms with Crippen LogP contribution in [0.15, 0.2) is 12.7 Å². The average molecular weight is 158 g/mol. The van der Waals surface area contributed by atoms with Gasteiger partial charge in [0, 0.05) is 13.7 Å². The first-order valence-electron chi connectivity index (χ1n) is 3.98. The molecule has 0 bridgehead atoms. The van der Waals surface area contributed by atoms with Crippen molar-refractivity contribution in [2.45, 2.75) is 25.9 Å². The Labute approximate surface area is 68.9 Å². The van der Waals surface area contributed by atoms with E-state index in [0.717, 1.165) is 6.42 Å². The van der Waals surface area contributed by atoms with E-state index in [1.165, 1.54) is 0 Å². The highest BCUT2D eigenvalue weighted by molar-refractivity contribution is 4.73. The van der Waals surface area contributed by atoms with Crippen LogP contribution in [-0.4, -0.2) is 24.9 Å². The highest BCUT2D eigenvalue weighted by atomic mass is 16.5. The molecule has 0 aliphatic rings. The van der Waals surface area contributed by atoms with Gasteiger partial charge >= 0.3 is 0 Å². The van der Waals surface area contributed by atoms with Gasteiger partial charge in [-0.1, -0.05) is 13.0 Å². The highest BCUT2D eigenvalue weighted by Crippen LogP contribution is 2.08. The van der Waals surface area contributed by atoms with E-state index in [4.69, 9.17) is 4.74 Å². The van der Waals surface area contributed by atoms with Crippen LogP contribution in [0.1, 0.15) is 19.8 Å². The Bertz CT molecular complexity index is 102. The summed E-state index contributed by atoms with van der Waals surface area (Å²) in [5.41, 5.74) is 0. The minimum Gasteiger partial charge on any atom is -0.393 e. The second kappa shape index (κ2) is 6.38. The smallest absolute Gasteiger partial charge is 0.0577 e. The SMILES string of the molecule is C=CCC(O)CC(C)COC. The molecule has 0 aromatic heterocycles. The van der Waals surface area contributed by atoms with Gasteiger partial charge in [-0.3, -0.25) is 0 Å². The number of ether oxygens (including phenoxy) is 1. The molecule has 0 radical (unpaired) electrons. The quantitative estimate of drug-likeness (QED) is 0.595. The number of hydrogen-bond acceptors (Lipinski definition) is 2. The lowest BCUT2D eigenvalue weighted by molar-refractivity contribution is 0.103. The molecule has 0 fully saturated rings. The van der Waals surface area contributed by atoms with Crippen molar-refractivity contribution in [1.29, 1.82) is 0 Å². The normalized spacial score (nSPS) is 15.9. The zero-order chi connectivity index (χ0) is 8.69. The second-order valence-corrected chi connectivity index (χ2v) is 2.97. The number of rotatable bonds is 6. The van der Waals surface area contributed by atoms with Crippen LogP contribution in [0.25, 0.3) is 0 Å². The molecule has 2 heteroatoms. The molecule has 0 amide bonds. The summed E-state index contributed by atoms with van der Waals surface area (Å²) in [5, 5.41) is 9.32. The minimum atomic E-state index is -0.252. The van der Waals surface area contributed by atoms with Crippen molar-refractivity contribution in [3.8, 4) is 0 Å². The van der Waals surface area contributed by atoms with E-state index in [2.05, 4.69) is 13.5 Å². The Hall–Kier alpha value is -0.340. The van der Waals surface area contributed by atoms with Gasteiger partial charge in [0.1, 0.15) is 0 Å². The predicted octanol–water partition coefficient (Wildman–Crippen LogP) is 1.60. The average Bonchev–Trinajstić information content (AvgIpc) is 1.87. The standard InChI is InChI=1S/C9H18O2/c1-4-5-9(10)6-8(2)7-11-3/h4,8-10H,1,5-7H2,2-3H3. The van der Waals surface area contributed by atoms with E-state index in [0.29, 0.717) is 18.9 Å². The van der Waals surface area contributed by atoms with Crippen molar-refractivity contribution in [3.63, 3.8) is 0 Å². The van der Waals surface area contributed by atoms with Crippen LogP contribution in [-0.2, 0) is 4.74 Å². The van der Waals surface area contributed by atoms with Crippen molar-refractivity contribution in [2.24, 2.45) is 5.92 Å². The topological polar surface area (TPSA) is 29.5 Å². The maximum absolute atomic E-state index is 9.32. The maximum atomic E-state index is 9.32. The number of aliphatic hydroxyl groups is 1. The third kappa shape index (κ3) is 6.07. The van der Waals surface area contributed by atoms with Crippen LogP contribution in [0.4, 0.5) is 0 Å². The van der Waals surface area contributed by atoms with Crippen LogP contribution in [0.2, 0.25) is 0 Å². The van der Waals surface area contributed by atoms with E-state index < -0.39 is 0 Å². The van der Waals surface area contributed by atoms with Crippen LogP contribution in [0.5, 0.6) is 0 Å². The van der Waals surface area contributed by atoms with Crippen LogP contribution in [0.3, 0.4) is 0 Å². The van der Waals surface area contributed by atoms with Gasteiger partial charge in [-0.15, -0.1) is 6.58 Å². The van der Waals surface area contributed by atoms with Gasteiger partial charge in [-0.25, -0.2) is 0 Å². The number of hydrogen-bond donors (Lipinski definition) is 1. The summed E-state index contributed by atoms with van der Waals surface area (Å²) in [6, 6.07) is 0. The Morgan fingerprint density at radius 1 is 1.64 bits per heavy atom. The third-order valence-electron chi connectivity index (χ3n) is 1.56. The van der Waals surface area contributed by atoms with Crippen molar-refractivity contribution < 1.29 is 9.84 Å². The molecule has 0 aliphatic heterocycles. The minimum absolute atomic E-state index is 0.252. The Morgan fingerprint density at radius 3 is 2.73 bits per heavy atom. The first-order chi connectivity index (χ1) is 5.20. The second-order valence-electron chi connectivity index (χ2n) is 2.97. The van der Waals surface area contributed by atoms with Crippen molar-refractivity contribution >= 4 is 0 Å². The maximum Gasteiger partial charge on any atom is 0.0577 e. The monoisotopic (exact) mass is 158 g/mol. The van der Waals surface area contributed by atoms with E-state index in [1.807, 2.05) is 0 Å². The molecule has 66 valence electrons. The first-order valence-corrected chi connectivity index (χ1v) is 3.98. The van der Waals surface area contributed by atoms with Crippen LogP contribution in [0, 0.1) is 5.92 Å². The molecule has 0 saturated heterocycles. The molecule has 0 aliphatic carbocycles. The first kappa shape index (κ1) is 10.7. The van der Waals surface area contributed by atoms with Gasteiger partial charge in [-0.05, 0) is 18.8 Å². The van der Waals surface area contributed by atoms with Gasteiger partial charge in [0.2, 0.25) is 0 Å². The van der Waals surface area contributed by atoms with Crippen LogP contribution < -0.4 is 0 Å². The van der Waals surface area contributed by atoms with Gasteiger partial charge in [0.05, 0.1) is 6.10 Å². The lowest BCUT2D eigenvalue weighted by Crippen LogP contribution is -2.14. The fourth-order valence-electron chi connectivity index (χ4n) is 1.11. The van der Waals surface area contributed by atoms with Crippen molar-refractivity contribution in [2.75, 3.05) is 13.7 Å².